The maximum Gasteiger partial charge on any atom is 0.313 e. The van der Waals surface area contributed by atoms with Gasteiger partial charge in [0.25, 0.3) is 5.78 Å². The van der Waals surface area contributed by atoms with Gasteiger partial charge in [0.05, 0.1) is 5.75 Å². The summed E-state index contributed by atoms with van der Waals surface area (Å²) in [7, 11) is 0. The van der Waals surface area contributed by atoms with E-state index in [1.807, 2.05) is 13.8 Å². The second-order valence-electron chi connectivity index (χ2n) is 5.71. The lowest BCUT2D eigenvalue weighted by Gasteiger charge is -2.10. The first-order valence-electron chi connectivity index (χ1n) is 7.57. The number of rotatable bonds is 5. The minimum Gasteiger partial charge on any atom is -0.481 e. The van der Waals surface area contributed by atoms with E-state index in [9.17, 15) is 4.79 Å². The number of aliphatic carboxylic acids is 1. The van der Waals surface area contributed by atoms with Crippen LogP contribution in [-0.4, -0.2) is 36.4 Å². The van der Waals surface area contributed by atoms with Crippen LogP contribution in [0.4, 0.5) is 0 Å². The molecule has 1 N–H and O–H groups in total. The van der Waals surface area contributed by atoms with Crippen LogP contribution in [0.25, 0.3) is 5.78 Å². The average molecular weight is 342 g/mol. The van der Waals surface area contributed by atoms with Crippen molar-refractivity contribution in [1.29, 1.82) is 0 Å². The molecule has 0 atom stereocenters. The molecule has 0 saturated heterocycles. The lowest BCUT2D eigenvalue weighted by Crippen LogP contribution is -2.06. The van der Waals surface area contributed by atoms with Crippen LogP contribution in [0.5, 0.6) is 0 Å². The van der Waals surface area contributed by atoms with Gasteiger partial charge in [-0.3, -0.25) is 4.79 Å². The standard InChI is InChI=1S/C17H18N4O2S/c1-10-4-6-13(7-5-10)8-14-11(2)18-16-19-17(24-9-15(22)23)20-21(16)12(14)3/h4-7H,8-9H2,1-3H3,(H,22,23). The first-order valence-corrected chi connectivity index (χ1v) is 8.55. The normalized spacial score (nSPS) is 11.1. The van der Waals surface area contributed by atoms with E-state index < -0.39 is 5.97 Å². The molecule has 3 rings (SSSR count). The maximum absolute atomic E-state index is 10.7. The quantitative estimate of drug-likeness (QED) is 0.718. The number of fused-ring (bicyclic) bond motifs is 1. The zero-order valence-corrected chi connectivity index (χ0v) is 14.6. The molecule has 0 radical (unpaired) electrons. The molecule has 3 aromatic rings. The number of hydrogen-bond acceptors (Lipinski definition) is 5. The van der Waals surface area contributed by atoms with Crippen LogP contribution in [0.3, 0.4) is 0 Å². The molecular formula is C17H18N4O2S. The third-order valence-electron chi connectivity index (χ3n) is 3.86. The Morgan fingerprint density at radius 1 is 1.17 bits per heavy atom. The number of hydrogen-bond donors (Lipinski definition) is 1. The Labute approximate surface area is 144 Å². The summed E-state index contributed by atoms with van der Waals surface area (Å²) in [6.45, 7) is 6.03. The summed E-state index contributed by atoms with van der Waals surface area (Å²) in [5, 5.41) is 13.6. The number of carboxylic acids is 1. The summed E-state index contributed by atoms with van der Waals surface area (Å²) in [4.78, 5) is 19.5. The Morgan fingerprint density at radius 3 is 2.54 bits per heavy atom. The molecule has 2 aromatic heterocycles. The molecule has 124 valence electrons. The number of benzene rings is 1. The van der Waals surface area contributed by atoms with E-state index in [0.29, 0.717) is 10.9 Å². The summed E-state index contributed by atoms with van der Waals surface area (Å²) >= 11 is 1.10. The van der Waals surface area contributed by atoms with Crippen molar-refractivity contribution in [2.24, 2.45) is 0 Å². The van der Waals surface area contributed by atoms with Crippen molar-refractivity contribution < 1.29 is 9.90 Å². The number of aryl methyl sites for hydroxylation is 3. The highest BCUT2D eigenvalue weighted by Crippen LogP contribution is 2.20. The average Bonchev–Trinajstić information content (AvgIpc) is 2.94. The fraction of sp³-hybridized carbons (Fsp3) is 0.294. The van der Waals surface area contributed by atoms with Crippen LogP contribution >= 0.6 is 11.8 Å². The molecule has 2 heterocycles. The van der Waals surface area contributed by atoms with Gasteiger partial charge in [-0.15, -0.1) is 5.10 Å². The SMILES string of the molecule is Cc1ccc(Cc2c(C)nc3nc(SCC(=O)O)nn3c2C)cc1. The third kappa shape index (κ3) is 3.41. The smallest absolute Gasteiger partial charge is 0.313 e. The van der Waals surface area contributed by atoms with E-state index in [1.165, 1.54) is 11.1 Å². The van der Waals surface area contributed by atoms with Gasteiger partial charge in [-0.1, -0.05) is 41.6 Å². The molecule has 0 spiro atoms. The van der Waals surface area contributed by atoms with Crippen molar-refractivity contribution in [1.82, 2.24) is 19.6 Å². The number of aromatic nitrogens is 4. The largest absolute Gasteiger partial charge is 0.481 e. The van der Waals surface area contributed by atoms with Gasteiger partial charge in [0.2, 0.25) is 5.16 Å². The molecule has 0 unspecified atom stereocenters. The summed E-state index contributed by atoms with van der Waals surface area (Å²) in [6, 6.07) is 8.44. The van der Waals surface area contributed by atoms with Crippen LogP contribution in [0.2, 0.25) is 0 Å². The number of carbonyl (C=O) groups is 1. The van der Waals surface area contributed by atoms with Crippen LogP contribution in [0, 0.1) is 20.8 Å². The Bertz CT molecular complexity index is 903. The highest BCUT2D eigenvalue weighted by atomic mass is 32.2. The lowest BCUT2D eigenvalue weighted by molar-refractivity contribution is -0.133. The van der Waals surface area contributed by atoms with E-state index in [-0.39, 0.29) is 5.75 Å². The number of carboxylic acid groups (broad SMARTS) is 1. The molecule has 0 amide bonds. The first kappa shape index (κ1) is 16.4. The molecule has 0 aliphatic rings. The van der Waals surface area contributed by atoms with Gasteiger partial charge in [0, 0.05) is 17.8 Å². The molecular weight excluding hydrogens is 324 g/mol. The van der Waals surface area contributed by atoms with Gasteiger partial charge in [-0.25, -0.2) is 9.50 Å². The molecule has 0 saturated carbocycles. The van der Waals surface area contributed by atoms with E-state index in [0.717, 1.165) is 35.1 Å². The monoisotopic (exact) mass is 342 g/mol. The van der Waals surface area contributed by atoms with Crippen molar-refractivity contribution in [3.63, 3.8) is 0 Å². The summed E-state index contributed by atoms with van der Waals surface area (Å²) < 4.78 is 1.70. The summed E-state index contributed by atoms with van der Waals surface area (Å²) in [5.41, 5.74) is 5.47. The Kier molecular flexibility index (Phi) is 4.53. The fourth-order valence-electron chi connectivity index (χ4n) is 2.54. The highest BCUT2D eigenvalue weighted by Gasteiger charge is 2.14. The van der Waals surface area contributed by atoms with Gasteiger partial charge >= 0.3 is 5.97 Å². The highest BCUT2D eigenvalue weighted by molar-refractivity contribution is 7.99. The lowest BCUT2D eigenvalue weighted by atomic mass is 10.0. The van der Waals surface area contributed by atoms with Gasteiger partial charge in [-0.2, -0.15) is 4.98 Å². The molecule has 24 heavy (non-hydrogen) atoms. The Hall–Kier alpha value is -2.41. The molecule has 1 aromatic carbocycles. The van der Waals surface area contributed by atoms with E-state index in [1.54, 1.807) is 4.52 Å². The second-order valence-corrected chi connectivity index (χ2v) is 6.65. The van der Waals surface area contributed by atoms with E-state index in [2.05, 4.69) is 46.3 Å². The minimum absolute atomic E-state index is 0.0643. The van der Waals surface area contributed by atoms with Gasteiger partial charge in [-0.05, 0) is 31.9 Å². The number of nitrogens with zero attached hydrogens (tertiary/aromatic N) is 4. The van der Waals surface area contributed by atoms with Crippen molar-refractivity contribution in [3.8, 4) is 0 Å². The maximum atomic E-state index is 10.7. The summed E-state index contributed by atoms with van der Waals surface area (Å²) in [5.74, 6) is -0.448. The van der Waals surface area contributed by atoms with Crippen LogP contribution in [0.1, 0.15) is 28.1 Å². The topological polar surface area (TPSA) is 80.4 Å². The van der Waals surface area contributed by atoms with Gasteiger partial charge in [0.15, 0.2) is 0 Å². The minimum atomic E-state index is -0.889. The van der Waals surface area contributed by atoms with E-state index >= 15 is 0 Å². The molecule has 7 heteroatoms. The predicted molar refractivity (Wildman–Crippen MR) is 92.6 cm³/mol. The van der Waals surface area contributed by atoms with Gasteiger partial charge in [0.1, 0.15) is 0 Å². The second kappa shape index (κ2) is 6.60. The number of thioether (sulfide) groups is 1. The van der Waals surface area contributed by atoms with Crippen LogP contribution in [0.15, 0.2) is 29.4 Å². The van der Waals surface area contributed by atoms with Crippen molar-refractivity contribution in [2.45, 2.75) is 32.3 Å². The van der Waals surface area contributed by atoms with Crippen LogP contribution in [-0.2, 0) is 11.2 Å². The molecule has 0 bridgehead atoms. The molecule has 0 aliphatic heterocycles. The van der Waals surface area contributed by atoms with Crippen molar-refractivity contribution in [2.75, 3.05) is 5.75 Å². The Balaban J connectivity index is 1.96. The van der Waals surface area contributed by atoms with Crippen molar-refractivity contribution >= 4 is 23.5 Å². The zero-order chi connectivity index (χ0) is 17.3. The molecule has 6 nitrogen and oxygen atoms in total. The predicted octanol–water partition coefficient (Wildman–Crippen LogP) is 2.82. The fourth-order valence-corrected chi connectivity index (χ4v) is 3.08. The first-order chi connectivity index (χ1) is 11.4. The summed E-state index contributed by atoms with van der Waals surface area (Å²) in [6.07, 6.45) is 0.776. The van der Waals surface area contributed by atoms with Crippen molar-refractivity contribution in [3.05, 3.63) is 52.3 Å². The third-order valence-corrected chi connectivity index (χ3v) is 4.68. The van der Waals surface area contributed by atoms with E-state index in [4.69, 9.17) is 5.11 Å². The van der Waals surface area contributed by atoms with Crippen LogP contribution < -0.4 is 0 Å². The van der Waals surface area contributed by atoms with Gasteiger partial charge < -0.3 is 5.11 Å². The zero-order valence-electron chi connectivity index (χ0n) is 13.8. The molecule has 0 aliphatic carbocycles. The Morgan fingerprint density at radius 2 is 1.88 bits per heavy atom. The molecule has 0 fully saturated rings.